The first kappa shape index (κ1) is 20.4. The molecule has 1 aromatic heterocycles. The monoisotopic (exact) mass is 427 g/mol. The predicted octanol–water partition coefficient (Wildman–Crippen LogP) is 3.90. The van der Waals surface area contributed by atoms with Gasteiger partial charge in [-0.2, -0.15) is 5.10 Å². The minimum Gasteiger partial charge on any atom is -0.497 e. The molecule has 0 aliphatic carbocycles. The molecule has 0 spiro atoms. The van der Waals surface area contributed by atoms with E-state index in [0.29, 0.717) is 16.4 Å². The van der Waals surface area contributed by atoms with Gasteiger partial charge in [0.05, 0.1) is 25.4 Å². The van der Waals surface area contributed by atoms with Gasteiger partial charge >= 0.3 is 0 Å². The molecule has 0 radical (unpaired) electrons. The number of fused-ring (bicyclic) bond motifs is 1. The van der Waals surface area contributed by atoms with Crippen LogP contribution >= 0.6 is 11.6 Å². The van der Waals surface area contributed by atoms with E-state index < -0.39 is 6.29 Å². The number of nitrogens with zero attached hydrogens (tertiary/aromatic N) is 2. The van der Waals surface area contributed by atoms with Crippen LogP contribution in [0.1, 0.15) is 27.7 Å². The van der Waals surface area contributed by atoms with Gasteiger partial charge in [0.2, 0.25) is 0 Å². The normalized spacial score (nSPS) is 15.7. The van der Waals surface area contributed by atoms with Gasteiger partial charge < -0.3 is 19.1 Å². The first-order chi connectivity index (χ1) is 14.6. The highest BCUT2D eigenvalue weighted by Crippen LogP contribution is 2.43. The maximum atomic E-state index is 13.3. The second kappa shape index (κ2) is 8.47. The van der Waals surface area contributed by atoms with Gasteiger partial charge in [-0.25, -0.2) is 0 Å². The molecule has 0 bridgehead atoms. The third kappa shape index (κ3) is 3.56. The van der Waals surface area contributed by atoms with Crippen molar-refractivity contribution in [3.63, 3.8) is 0 Å². The van der Waals surface area contributed by atoms with Crippen LogP contribution in [0.2, 0.25) is 5.02 Å². The largest absolute Gasteiger partial charge is 0.497 e. The fraction of sp³-hybridized carbons (Fsp3) is 0.273. The maximum Gasteiger partial charge on any atom is 0.273 e. The van der Waals surface area contributed by atoms with Crippen molar-refractivity contribution >= 4 is 17.5 Å². The Labute approximate surface area is 179 Å². The number of methoxy groups -OCH3 is 3. The summed E-state index contributed by atoms with van der Waals surface area (Å²) in [6, 6.07) is 14.7. The first-order valence-corrected chi connectivity index (χ1v) is 9.79. The van der Waals surface area contributed by atoms with Gasteiger partial charge in [-0.15, -0.1) is 0 Å². The number of amides is 1. The van der Waals surface area contributed by atoms with Gasteiger partial charge in [0, 0.05) is 30.4 Å². The number of H-pyrrole nitrogens is 1. The zero-order valence-electron chi connectivity index (χ0n) is 16.9. The second-order valence-corrected chi connectivity index (χ2v) is 7.34. The van der Waals surface area contributed by atoms with Crippen LogP contribution in [0.15, 0.2) is 48.5 Å². The Kier molecular flexibility index (Phi) is 5.76. The molecule has 156 valence electrons. The highest BCUT2D eigenvalue weighted by molar-refractivity contribution is 6.30. The van der Waals surface area contributed by atoms with E-state index in [9.17, 15) is 4.79 Å². The fourth-order valence-electron chi connectivity index (χ4n) is 3.75. The molecule has 0 saturated heterocycles. The Morgan fingerprint density at radius 2 is 1.73 bits per heavy atom. The number of rotatable bonds is 7. The minimum atomic E-state index is -0.550. The third-order valence-corrected chi connectivity index (χ3v) is 5.54. The number of aromatic amines is 1. The Hall–Kier alpha value is -2.87. The molecule has 1 aliphatic heterocycles. The SMILES string of the molecule is COc1ccc(C2c3c(-c4ccc(Cl)cc4)n[nH]c3C(=O)N2CC(OC)OC)cc1. The van der Waals surface area contributed by atoms with Crippen LogP contribution in [0.25, 0.3) is 11.3 Å². The molecule has 2 heterocycles. The molecule has 30 heavy (non-hydrogen) atoms. The molecule has 3 aromatic rings. The lowest BCUT2D eigenvalue weighted by molar-refractivity contribution is -0.113. The van der Waals surface area contributed by atoms with Crippen LogP contribution in [0.3, 0.4) is 0 Å². The maximum absolute atomic E-state index is 13.3. The molecule has 1 atom stereocenters. The van der Waals surface area contributed by atoms with E-state index in [-0.39, 0.29) is 18.5 Å². The molecule has 4 rings (SSSR count). The average molecular weight is 428 g/mol. The molecular weight excluding hydrogens is 406 g/mol. The summed E-state index contributed by atoms with van der Waals surface area (Å²) in [4.78, 5) is 15.0. The molecule has 8 heteroatoms. The minimum absolute atomic E-state index is 0.155. The molecule has 1 amide bonds. The number of hydrogen-bond acceptors (Lipinski definition) is 5. The molecule has 0 saturated carbocycles. The first-order valence-electron chi connectivity index (χ1n) is 9.42. The summed E-state index contributed by atoms with van der Waals surface area (Å²) in [5.41, 5.74) is 3.81. The van der Waals surface area contributed by atoms with Gasteiger partial charge in [0.25, 0.3) is 5.91 Å². The van der Waals surface area contributed by atoms with Crippen molar-refractivity contribution < 1.29 is 19.0 Å². The number of halogens is 1. The average Bonchev–Trinajstić information content (AvgIpc) is 3.32. The van der Waals surface area contributed by atoms with E-state index >= 15 is 0 Å². The van der Waals surface area contributed by atoms with Crippen LogP contribution in [-0.4, -0.2) is 55.2 Å². The van der Waals surface area contributed by atoms with Crippen LogP contribution < -0.4 is 4.74 Å². The van der Waals surface area contributed by atoms with Gasteiger partial charge in [-0.1, -0.05) is 35.9 Å². The van der Waals surface area contributed by atoms with Gasteiger partial charge in [-0.3, -0.25) is 9.89 Å². The Balaban J connectivity index is 1.83. The third-order valence-electron chi connectivity index (χ3n) is 5.28. The molecule has 1 unspecified atom stereocenters. The predicted molar refractivity (Wildman–Crippen MR) is 113 cm³/mol. The molecule has 7 nitrogen and oxygen atoms in total. The number of ether oxygens (including phenoxy) is 3. The van der Waals surface area contributed by atoms with Crippen LogP contribution in [-0.2, 0) is 9.47 Å². The molecular formula is C22H22ClN3O4. The van der Waals surface area contributed by atoms with Crippen molar-refractivity contribution in [3.05, 3.63) is 70.4 Å². The van der Waals surface area contributed by atoms with Crippen molar-refractivity contribution in [1.82, 2.24) is 15.1 Å². The number of aromatic nitrogens is 2. The number of carbonyl (C=O) groups is 1. The van der Waals surface area contributed by atoms with E-state index in [2.05, 4.69) is 10.2 Å². The van der Waals surface area contributed by atoms with E-state index in [4.69, 9.17) is 25.8 Å². The van der Waals surface area contributed by atoms with Crippen LogP contribution in [0.5, 0.6) is 5.75 Å². The van der Waals surface area contributed by atoms with Crippen LogP contribution in [0.4, 0.5) is 0 Å². The summed E-state index contributed by atoms with van der Waals surface area (Å²) in [5, 5.41) is 8.02. The van der Waals surface area contributed by atoms with E-state index in [1.807, 2.05) is 36.4 Å². The fourth-order valence-corrected chi connectivity index (χ4v) is 3.88. The van der Waals surface area contributed by atoms with Crippen molar-refractivity contribution in [3.8, 4) is 17.0 Å². The summed E-state index contributed by atoms with van der Waals surface area (Å²) in [7, 11) is 4.73. The second-order valence-electron chi connectivity index (χ2n) is 6.90. The van der Waals surface area contributed by atoms with Crippen molar-refractivity contribution in [2.24, 2.45) is 0 Å². The van der Waals surface area contributed by atoms with E-state index in [1.54, 1.807) is 38.4 Å². The highest BCUT2D eigenvalue weighted by atomic mass is 35.5. The lowest BCUT2D eigenvalue weighted by Crippen LogP contribution is -2.38. The highest BCUT2D eigenvalue weighted by Gasteiger charge is 2.43. The summed E-state index contributed by atoms with van der Waals surface area (Å²) in [6.45, 7) is 0.269. The van der Waals surface area contributed by atoms with Crippen molar-refractivity contribution in [2.45, 2.75) is 12.3 Å². The smallest absolute Gasteiger partial charge is 0.273 e. The zero-order chi connectivity index (χ0) is 21.3. The summed E-state index contributed by atoms with van der Waals surface area (Å²) in [5.74, 6) is 0.587. The van der Waals surface area contributed by atoms with Crippen LogP contribution in [0, 0.1) is 0 Å². The summed E-state index contributed by atoms with van der Waals surface area (Å²) >= 11 is 6.05. The van der Waals surface area contributed by atoms with E-state index in [0.717, 1.165) is 22.4 Å². The Morgan fingerprint density at radius 3 is 2.33 bits per heavy atom. The molecule has 2 aromatic carbocycles. The standard InChI is InChI=1S/C22H22ClN3O4/c1-28-16-10-6-14(7-11-16)21-18-19(13-4-8-15(23)9-5-13)24-25-20(18)22(27)26(21)12-17(29-2)30-3/h4-11,17,21H,12H2,1-3H3,(H,24,25). The molecule has 1 aliphatic rings. The van der Waals surface area contributed by atoms with Gasteiger partial charge in [-0.05, 0) is 29.8 Å². The summed E-state index contributed by atoms with van der Waals surface area (Å²) < 4.78 is 16.0. The van der Waals surface area contributed by atoms with Crippen molar-refractivity contribution in [1.29, 1.82) is 0 Å². The molecule has 1 N–H and O–H groups in total. The Bertz CT molecular complexity index is 1030. The number of carbonyl (C=O) groups excluding carboxylic acids is 1. The number of benzene rings is 2. The summed E-state index contributed by atoms with van der Waals surface area (Å²) in [6.07, 6.45) is -0.550. The lowest BCUT2D eigenvalue weighted by atomic mass is 9.96. The number of hydrogen-bond donors (Lipinski definition) is 1. The van der Waals surface area contributed by atoms with Gasteiger partial charge in [0.15, 0.2) is 6.29 Å². The Morgan fingerprint density at radius 1 is 1.07 bits per heavy atom. The van der Waals surface area contributed by atoms with Crippen molar-refractivity contribution in [2.75, 3.05) is 27.9 Å². The number of nitrogens with one attached hydrogen (secondary N) is 1. The van der Waals surface area contributed by atoms with Gasteiger partial charge in [0.1, 0.15) is 11.4 Å². The lowest BCUT2D eigenvalue weighted by Gasteiger charge is -2.29. The topological polar surface area (TPSA) is 76.7 Å². The van der Waals surface area contributed by atoms with E-state index in [1.165, 1.54) is 0 Å². The quantitative estimate of drug-likeness (QED) is 0.578. The zero-order valence-corrected chi connectivity index (χ0v) is 17.6. The molecule has 0 fully saturated rings.